The van der Waals surface area contributed by atoms with Crippen LogP contribution in [0.2, 0.25) is 5.15 Å². The lowest BCUT2D eigenvalue weighted by Gasteiger charge is -2.19. The third-order valence-corrected chi connectivity index (χ3v) is 5.36. The molecule has 0 N–H and O–H groups in total. The predicted octanol–water partition coefficient (Wildman–Crippen LogP) is 3.10. The fourth-order valence-corrected chi connectivity index (χ4v) is 3.57. The molecule has 3 nitrogen and oxygen atoms in total. The van der Waals surface area contributed by atoms with Crippen molar-refractivity contribution in [2.45, 2.75) is 38.0 Å². The summed E-state index contributed by atoms with van der Waals surface area (Å²) in [6.45, 7) is 5.35. The molecule has 1 unspecified atom stereocenters. The van der Waals surface area contributed by atoms with Gasteiger partial charge < -0.3 is 0 Å². The standard InChI is InChI=1S/C13H22ClN3S/c1-10-12(13(14)16(2)15-10)9-17-7-4-5-11(18-3)6-8-17/h11H,4-9H2,1-3H3. The molecule has 18 heavy (non-hydrogen) atoms. The topological polar surface area (TPSA) is 21.1 Å². The molecule has 0 amide bonds. The molecule has 0 bridgehead atoms. The number of halogens is 1. The summed E-state index contributed by atoms with van der Waals surface area (Å²) in [5, 5.41) is 6.01. The first-order valence-electron chi connectivity index (χ1n) is 6.55. The molecule has 0 aromatic carbocycles. The third-order valence-electron chi connectivity index (χ3n) is 3.75. The van der Waals surface area contributed by atoms with Crippen LogP contribution < -0.4 is 0 Å². The third kappa shape index (κ3) is 3.22. The summed E-state index contributed by atoms with van der Waals surface area (Å²) in [6.07, 6.45) is 6.15. The normalized spacial score (nSPS) is 22.1. The first-order valence-corrected chi connectivity index (χ1v) is 8.21. The van der Waals surface area contributed by atoms with Crippen molar-refractivity contribution in [2.24, 2.45) is 7.05 Å². The van der Waals surface area contributed by atoms with Gasteiger partial charge in [0.1, 0.15) is 5.15 Å². The summed E-state index contributed by atoms with van der Waals surface area (Å²) in [5.74, 6) is 0. The molecule has 1 aliphatic rings. The Balaban J connectivity index is 2.01. The van der Waals surface area contributed by atoms with Gasteiger partial charge in [0.15, 0.2) is 0 Å². The lowest BCUT2D eigenvalue weighted by atomic mass is 10.2. The van der Waals surface area contributed by atoms with E-state index in [4.69, 9.17) is 11.6 Å². The Morgan fingerprint density at radius 2 is 2.17 bits per heavy atom. The quantitative estimate of drug-likeness (QED) is 0.852. The van der Waals surface area contributed by atoms with Crippen LogP contribution in [0.4, 0.5) is 0 Å². The van der Waals surface area contributed by atoms with Gasteiger partial charge in [-0.2, -0.15) is 16.9 Å². The summed E-state index contributed by atoms with van der Waals surface area (Å²) in [4.78, 5) is 2.52. The van der Waals surface area contributed by atoms with Gasteiger partial charge in [-0.1, -0.05) is 11.6 Å². The zero-order valence-corrected chi connectivity index (χ0v) is 13.0. The minimum absolute atomic E-state index is 0.790. The fourth-order valence-electron chi connectivity index (χ4n) is 2.60. The Labute approximate surface area is 119 Å². The molecule has 1 aromatic rings. The maximum Gasteiger partial charge on any atom is 0.131 e. The van der Waals surface area contributed by atoms with Crippen molar-refractivity contribution >= 4 is 23.4 Å². The van der Waals surface area contributed by atoms with Crippen molar-refractivity contribution in [3.8, 4) is 0 Å². The van der Waals surface area contributed by atoms with Crippen LogP contribution in [0.15, 0.2) is 0 Å². The van der Waals surface area contributed by atoms with Crippen LogP contribution in [0.1, 0.15) is 30.5 Å². The lowest BCUT2D eigenvalue weighted by Crippen LogP contribution is -2.24. The van der Waals surface area contributed by atoms with E-state index in [9.17, 15) is 0 Å². The van der Waals surface area contributed by atoms with Crippen molar-refractivity contribution in [1.82, 2.24) is 14.7 Å². The van der Waals surface area contributed by atoms with Crippen LogP contribution in [0, 0.1) is 6.92 Å². The van der Waals surface area contributed by atoms with Gasteiger partial charge in [-0.05, 0) is 45.5 Å². The van der Waals surface area contributed by atoms with Gasteiger partial charge in [-0.25, -0.2) is 0 Å². The van der Waals surface area contributed by atoms with Gasteiger partial charge in [0.05, 0.1) is 5.69 Å². The van der Waals surface area contributed by atoms with Crippen LogP contribution >= 0.6 is 23.4 Å². The van der Waals surface area contributed by atoms with E-state index in [1.165, 1.54) is 37.9 Å². The molecule has 0 aliphatic carbocycles. The molecule has 1 aromatic heterocycles. The van der Waals surface area contributed by atoms with Gasteiger partial charge in [0, 0.05) is 24.4 Å². The number of hydrogen-bond acceptors (Lipinski definition) is 3. The SMILES string of the molecule is CSC1CCCN(Cc2c(C)nn(C)c2Cl)CC1. The molecule has 0 spiro atoms. The molecule has 1 fully saturated rings. The van der Waals surface area contributed by atoms with E-state index in [1.54, 1.807) is 4.68 Å². The first-order chi connectivity index (χ1) is 8.61. The summed E-state index contributed by atoms with van der Waals surface area (Å²) in [5.41, 5.74) is 2.26. The largest absolute Gasteiger partial charge is 0.299 e. The highest BCUT2D eigenvalue weighted by molar-refractivity contribution is 7.99. The van der Waals surface area contributed by atoms with Crippen LogP contribution in [0.5, 0.6) is 0 Å². The minimum atomic E-state index is 0.790. The second-order valence-corrected chi connectivity index (χ2v) is 6.54. The van der Waals surface area contributed by atoms with E-state index in [-0.39, 0.29) is 0 Å². The number of hydrogen-bond donors (Lipinski definition) is 0. The van der Waals surface area contributed by atoms with Crippen molar-refractivity contribution in [3.05, 3.63) is 16.4 Å². The van der Waals surface area contributed by atoms with E-state index < -0.39 is 0 Å². The Morgan fingerprint density at radius 3 is 2.78 bits per heavy atom. The molecule has 102 valence electrons. The first kappa shape index (κ1) is 14.2. The number of aromatic nitrogens is 2. The Morgan fingerprint density at radius 1 is 1.39 bits per heavy atom. The molecule has 1 atom stereocenters. The number of aryl methyl sites for hydroxylation is 2. The van der Waals surface area contributed by atoms with E-state index in [1.807, 2.05) is 25.7 Å². The summed E-state index contributed by atoms with van der Waals surface area (Å²) in [6, 6.07) is 0. The molecule has 5 heteroatoms. The highest BCUT2D eigenvalue weighted by atomic mass is 35.5. The predicted molar refractivity (Wildman–Crippen MR) is 79.4 cm³/mol. The lowest BCUT2D eigenvalue weighted by molar-refractivity contribution is 0.277. The summed E-state index contributed by atoms with van der Waals surface area (Å²) < 4.78 is 1.77. The highest BCUT2D eigenvalue weighted by Gasteiger charge is 2.19. The smallest absolute Gasteiger partial charge is 0.131 e. The molecule has 2 rings (SSSR count). The summed E-state index contributed by atoms with van der Waals surface area (Å²) in [7, 11) is 1.91. The number of thioether (sulfide) groups is 1. The Hall–Kier alpha value is -0.190. The van der Waals surface area contributed by atoms with Crippen LogP contribution in [-0.4, -0.2) is 39.3 Å². The fraction of sp³-hybridized carbons (Fsp3) is 0.769. The second kappa shape index (κ2) is 6.31. The second-order valence-electron chi connectivity index (χ2n) is 5.04. The molecule has 1 aliphatic heterocycles. The molecule has 0 radical (unpaired) electrons. The van der Waals surface area contributed by atoms with E-state index in [0.29, 0.717) is 0 Å². The van der Waals surface area contributed by atoms with Crippen LogP contribution in [0.25, 0.3) is 0 Å². The van der Waals surface area contributed by atoms with Gasteiger partial charge in [-0.15, -0.1) is 0 Å². The van der Waals surface area contributed by atoms with Crippen molar-refractivity contribution in [3.63, 3.8) is 0 Å². The highest BCUT2D eigenvalue weighted by Crippen LogP contribution is 2.25. The molecule has 0 saturated carbocycles. The number of rotatable bonds is 3. The maximum absolute atomic E-state index is 6.30. The molecule has 2 heterocycles. The maximum atomic E-state index is 6.30. The molecular formula is C13H22ClN3S. The van der Waals surface area contributed by atoms with E-state index >= 15 is 0 Å². The van der Waals surface area contributed by atoms with Gasteiger partial charge >= 0.3 is 0 Å². The van der Waals surface area contributed by atoms with Crippen molar-refractivity contribution in [2.75, 3.05) is 19.3 Å². The summed E-state index contributed by atoms with van der Waals surface area (Å²) >= 11 is 8.31. The zero-order chi connectivity index (χ0) is 13.1. The van der Waals surface area contributed by atoms with Crippen LogP contribution in [-0.2, 0) is 13.6 Å². The van der Waals surface area contributed by atoms with Crippen LogP contribution in [0.3, 0.4) is 0 Å². The molecular weight excluding hydrogens is 266 g/mol. The number of likely N-dealkylation sites (tertiary alicyclic amines) is 1. The number of nitrogens with zero attached hydrogens (tertiary/aromatic N) is 3. The van der Waals surface area contributed by atoms with E-state index in [2.05, 4.69) is 16.3 Å². The Bertz CT molecular complexity index is 405. The average molecular weight is 288 g/mol. The van der Waals surface area contributed by atoms with E-state index in [0.717, 1.165) is 22.6 Å². The van der Waals surface area contributed by atoms with Gasteiger partial charge in [0.2, 0.25) is 0 Å². The monoisotopic (exact) mass is 287 g/mol. The molecule has 1 saturated heterocycles. The minimum Gasteiger partial charge on any atom is -0.299 e. The average Bonchev–Trinajstić information content (AvgIpc) is 2.57. The van der Waals surface area contributed by atoms with Crippen molar-refractivity contribution < 1.29 is 0 Å². The zero-order valence-electron chi connectivity index (χ0n) is 11.4. The van der Waals surface area contributed by atoms with Gasteiger partial charge in [0.25, 0.3) is 0 Å². The Kier molecular flexibility index (Phi) is 4.98. The van der Waals surface area contributed by atoms with Crippen molar-refractivity contribution in [1.29, 1.82) is 0 Å². The van der Waals surface area contributed by atoms with Gasteiger partial charge in [-0.3, -0.25) is 9.58 Å².